The maximum atomic E-state index is 10.5. The van der Waals surface area contributed by atoms with Gasteiger partial charge in [0.15, 0.2) is 0 Å². The fraction of sp³-hybridized carbons (Fsp3) is 0.857. The number of nitrogens with one attached hydrogen (secondary N) is 1. The van der Waals surface area contributed by atoms with E-state index in [-0.39, 0.29) is 18.6 Å². The van der Waals surface area contributed by atoms with E-state index in [4.69, 9.17) is 5.11 Å². The molecule has 0 aliphatic rings. The highest BCUT2D eigenvalue weighted by molar-refractivity contribution is 7.98. The first kappa shape index (κ1) is 10.8. The Balaban J connectivity index is 3.49. The van der Waals surface area contributed by atoms with Crippen molar-refractivity contribution in [3.05, 3.63) is 0 Å². The van der Waals surface area contributed by atoms with Gasteiger partial charge in [-0.1, -0.05) is 0 Å². The van der Waals surface area contributed by atoms with Crippen molar-refractivity contribution in [1.29, 1.82) is 0 Å². The second kappa shape index (κ2) is 6.49. The number of aliphatic hydroxyl groups is 1. The summed E-state index contributed by atoms with van der Waals surface area (Å²) in [4.78, 5) is 10.5. The van der Waals surface area contributed by atoms with Crippen molar-refractivity contribution >= 4 is 17.7 Å². The van der Waals surface area contributed by atoms with Crippen LogP contribution in [0, 0.1) is 0 Å². The zero-order valence-corrected chi connectivity index (χ0v) is 7.78. The summed E-state index contributed by atoms with van der Waals surface area (Å²) in [7, 11) is 0. The standard InChI is InChI=1S/C7H15NO2S/c1-6(10)8-7(5-9)3-4-11-2/h7,9H,3-5H2,1-2H3,(H,8,10)/t7-/m0/s1. The Bertz CT molecular complexity index is 119. The van der Waals surface area contributed by atoms with Gasteiger partial charge in [-0.15, -0.1) is 0 Å². The Labute approximate surface area is 71.6 Å². The summed E-state index contributed by atoms with van der Waals surface area (Å²) in [6, 6.07) is -0.0695. The molecule has 0 aromatic carbocycles. The predicted octanol–water partition coefficient (Wildman–Crippen LogP) is 0.236. The molecule has 0 bridgehead atoms. The maximum absolute atomic E-state index is 10.5. The minimum Gasteiger partial charge on any atom is -0.394 e. The quantitative estimate of drug-likeness (QED) is 0.632. The van der Waals surface area contributed by atoms with Gasteiger partial charge in [0.2, 0.25) is 5.91 Å². The molecule has 1 atom stereocenters. The van der Waals surface area contributed by atoms with E-state index in [0.717, 1.165) is 12.2 Å². The normalized spacial score (nSPS) is 12.6. The zero-order chi connectivity index (χ0) is 8.69. The number of carbonyl (C=O) groups is 1. The van der Waals surface area contributed by atoms with E-state index in [9.17, 15) is 4.79 Å². The highest BCUT2D eigenvalue weighted by Gasteiger charge is 2.06. The van der Waals surface area contributed by atoms with Crippen LogP contribution in [0.25, 0.3) is 0 Å². The van der Waals surface area contributed by atoms with Crippen LogP contribution in [0.15, 0.2) is 0 Å². The van der Waals surface area contributed by atoms with Gasteiger partial charge in [0.1, 0.15) is 0 Å². The van der Waals surface area contributed by atoms with Crippen LogP contribution in [0.2, 0.25) is 0 Å². The van der Waals surface area contributed by atoms with Gasteiger partial charge < -0.3 is 10.4 Å². The van der Waals surface area contributed by atoms with Crippen LogP contribution in [-0.2, 0) is 4.79 Å². The Morgan fingerprint density at radius 2 is 2.36 bits per heavy atom. The molecular formula is C7H15NO2S. The lowest BCUT2D eigenvalue weighted by atomic mass is 10.2. The molecule has 3 nitrogen and oxygen atoms in total. The van der Waals surface area contributed by atoms with Crippen molar-refractivity contribution in [2.24, 2.45) is 0 Å². The lowest BCUT2D eigenvalue weighted by Gasteiger charge is -2.13. The molecule has 0 aliphatic heterocycles. The number of rotatable bonds is 5. The molecule has 0 aliphatic carbocycles. The van der Waals surface area contributed by atoms with Crippen LogP contribution in [0.4, 0.5) is 0 Å². The molecule has 0 unspecified atom stereocenters. The summed E-state index contributed by atoms with van der Waals surface area (Å²) in [5, 5.41) is 11.4. The molecule has 0 saturated heterocycles. The monoisotopic (exact) mass is 177 g/mol. The van der Waals surface area contributed by atoms with Gasteiger partial charge >= 0.3 is 0 Å². The predicted molar refractivity (Wildman–Crippen MR) is 47.7 cm³/mol. The molecular weight excluding hydrogens is 162 g/mol. The molecule has 0 aromatic rings. The van der Waals surface area contributed by atoms with E-state index < -0.39 is 0 Å². The van der Waals surface area contributed by atoms with Crippen LogP contribution in [0.3, 0.4) is 0 Å². The van der Waals surface area contributed by atoms with Gasteiger partial charge in [-0.05, 0) is 18.4 Å². The number of hydrogen-bond donors (Lipinski definition) is 2. The lowest BCUT2D eigenvalue weighted by molar-refractivity contribution is -0.119. The Hall–Kier alpha value is -0.220. The van der Waals surface area contributed by atoms with Gasteiger partial charge in [-0.25, -0.2) is 0 Å². The molecule has 66 valence electrons. The Morgan fingerprint density at radius 1 is 1.73 bits per heavy atom. The number of amides is 1. The van der Waals surface area contributed by atoms with Gasteiger partial charge in [-0.2, -0.15) is 11.8 Å². The number of hydrogen-bond acceptors (Lipinski definition) is 3. The van der Waals surface area contributed by atoms with E-state index in [1.54, 1.807) is 11.8 Å². The first-order chi connectivity index (χ1) is 5.20. The fourth-order valence-corrected chi connectivity index (χ4v) is 1.28. The molecule has 1 amide bonds. The minimum atomic E-state index is -0.0786. The summed E-state index contributed by atoms with van der Waals surface area (Å²) >= 11 is 1.71. The van der Waals surface area contributed by atoms with E-state index in [1.807, 2.05) is 6.26 Å². The smallest absolute Gasteiger partial charge is 0.217 e. The van der Waals surface area contributed by atoms with E-state index in [2.05, 4.69) is 5.32 Å². The van der Waals surface area contributed by atoms with E-state index in [0.29, 0.717) is 0 Å². The largest absolute Gasteiger partial charge is 0.394 e. The molecule has 11 heavy (non-hydrogen) atoms. The Morgan fingerprint density at radius 3 is 2.73 bits per heavy atom. The molecule has 2 N–H and O–H groups in total. The van der Waals surface area contributed by atoms with Crippen LogP contribution >= 0.6 is 11.8 Å². The number of carbonyl (C=O) groups excluding carboxylic acids is 1. The average molecular weight is 177 g/mol. The van der Waals surface area contributed by atoms with Crippen molar-refractivity contribution in [2.45, 2.75) is 19.4 Å². The van der Waals surface area contributed by atoms with Crippen LogP contribution < -0.4 is 5.32 Å². The maximum Gasteiger partial charge on any atom is 0.217 e. The summed E-state index contributed by atoms with van der Waals surface area (Å²) in [6.45, 7) is 1.49. The summed E-state index contributed by atoms with van der Waals surface area (Å²) < 4.78 is 0. The number of aliphatic hydroxyl groups excluding tert-OH is 1. The van der Waals surface area contributed by atoms with E-state index in [1.165, 1.54) is 6.92 Å². The van der Waals surface area contributed by atoms with Crippen LogP contribution in [0.1, 0.15) is 13.3 Å². The SMILES string of the molecule is CSCC[C@@H](CO)NC(C)=O. The van der Waals surface area contributed by atoms with Crippen LogP contribution in [-0.4, -0.2) is 35.7 Å². The fourth-order valence-electron chi connectivity index (χ4n) is 0.757. The third-order valence-corrected chi connectivity index (χ3v) is 1.94. The van der Waals surface area contributed by atoms with Crippen molar-refractivity contribution in [3.63, 3.8) is 0 Å². The molecule has 0 aromatic heterocycles. The van der Waals surface area contributed by atoms with Crippen molar-refractivity contribution in [2.75, 3.05) is 18.6 Å². The number of thioether (sulfide) groups is 1. The molecule has 0 saturated carbocycles. The van der Waals surface area contributed by atoms with Crippen molar-refractivity contribution < 1.29 is 9.90 Å². The second-order valence-corrected chi connectivity index (χ2v) is 3.35. The van der Waals surface area contributed by atoms with Gasteiger partial charge in [0, 0.05) is 6.92 Å². The van der Waals surface area contributed by atoms with Crippen molar-refractivity contribution in [1.82, 2.24) is 5.32 Å². The van der Waals surface area contributed by atoms with Gasteiger partial charge in [0.25, 0.3) is 0 Å². The minimum absolute atomic E-state index is 0.0279. The highest BCUT2D eigenvalue weighted by atomic mass is 32.2. The summed E-state index contributed by atoms with van der Waals surface area (Å²) in [5.41, 5.74) is 0. The third kappa shape index (κ3) is 6.19. The second-order valence-electron chi connectivity index (χ2n) is 2.36. The zero-order valence-electron chi connectivity index (χ0n) is 6.96. The third-order valence-electron chi connectivity index (χ3n) is 1.30. The molecule has 0 fully saturated rings. The van der Waals surface area contributed by atoms with Gasteiger partial charge in [0.05, 0.1) is 12.6 Å². The average Bonchev–Trinajstić information content (AvgIpc) is 1.97. The van der Waals surface area contributed by atoms with Gasteiger partial charge in [-0.3, -0.25) is 4.79 Å². The Kier molecular flexibility index (Phi) is 6.36. The molecule has 0 heterocycles. The molecule has 0 radical (unpaired) electrons. The first-order valence-corrected chi connectivity index (χ1v) is 4.97. The lowest BCUT2D eigenvalue weighted by Crippen LogP contribution is -2.36. The molecule has 4 heteroatoms. The first-order valence-electron chi connectivity index (χ1n) is 3.57. The molecule has 0 spiro atoms. The van der Waals surface area contributed by atoms with Crippen molar-refractivity contribution in [3.8, 4) is 0 Å². The molecule has 0 rings (SSSR count). The topological polar surface area (TPSA) is 49.3 Å². The van der Waals surface area contributed by atoms with Crippen LogP contribution in [0.5, 0.6) is 0 Å². The summed E-state index contributed by atoms with van der Waals surface area (Å²) in [6.07, 6.45) is 2.83. The van der Waals surface area contributed by atoms with E-state index >= 15 is 0 Å². The highest BCUT2D eigenvalue weighted by Crippen LogP contribution is 1.99. The summed E-state index contributed by atoms with van der Waals surface area (Å²) in [5.74, 6) is 0.885.